The van der Waals surface area contributed by atoms with Gasteiger partial charge < -0.3 is 5.32 Å². The van der Waals surface area contributed by atoms with Gasteiger partial charge in [0.1, 0.15) is 0 Å². The van der Waals surface area contributed by atoms with E-state index in [0.717, 1.165) is 11.3 Å². The third-order valence-electron chi connectivity index (χ3n) is 4.06. The summed E-state index contributed by atoms with van der Waals surface area (Å²) >= 11 is 1.21. The van der Waals surface area contributed by atoms with Crippen molar-refractivity contribution < 1.29 is 13.2 Å². The first-order valence-electron chi connectivity index (χ1n) is 7.77. The largest absolute Gasteiger partial charge is 0.349 e. The van der Waals surface area contributed by atoms with Gasteiger partial charge in [0.15, 0.2) is 9.84 Å². The van der Waals surface area contributed by atoms with Crippen LogP contribution in [-0.4, -0.2) is 57.3 Å². The number of nitrogens with zero attached hydrogens (tertiary/aromatic N) is 4. The van der Waals surface area contributed by atoms with Crippen LogP contribution in [0.1, 0.15) is 18.9 Å². The van der Waals surface area contributed by atoms with Crippen LogP contribution in [0.15, 0.2) is 29.4 Å². The summed E-state index contributed by atoms with van der Waals surface area (Å²) in [7, 11) is -3.06. The molecule has 8 nitrogen and oxygen atoms in total. The average Bonchev–Trinajstić information content (AvgIpc) is 3.09. The van der Waals surface area contributed by atoms with Gasteiger partial charge in [-0.2, -0.15) is 4.68 Å². The van der Waals surface area contributed by atoms with E-state index in [2.05, 4.69) is 20.8 Å². The highest BCUT2D eigenvalue weighted by atomic mass is 32.2. The van der Waals surface area contributed by atoms with Gasteiger partial charge >= 0.3 is 0 Å². The van der Waals surface area contributed by atoms with E-state index in [9.17, 15) is 13.2 Å². The molecule has 1 aromatic carbocycles. The number of hydrogen-bond acceptors (Lipinski definition) is 7. The van der Waals surface area contributed by atoms with Gasteiger partial charge in [-0.15, -0.1) is 5.10 Å². The number of carbonyl (C=O) groups is 1. The Morgan fingerprint density at radius 2 is 2.16 bits per heavy atom. The normalized spacial score (nSPS) is 22.0. The predicted molar refractivity (Wildman–Crippen MR) is 94.4 cm³/mol. The van der Waals surface area contributed by atoms with Crippen molar-refractivity contribution in [2.24, 2.45) is 0 Å². The number of carbonyl (C=O) groups excluding carboxylic acids is 1. The number of amides is 1. The second kappa shape index (κ2) is 6.75. The van der Waals surface area contributed by atoms with Crippen molar-refractivity contribution in [1.29, 1.82) is 0 Å². The van der Waals surface area contributed by atoms with Crippen molar-refractivity contribution in [3.05, 3.63) is 29.8 Å². The highest BCUT2D eigenvalue weighted by Gasteiger charge is 2.39. The number of benzene rings is 1. The fourth-order valence-electron chi connectivity index (χ4n) is 2.83. The van der Waals surface area contributed by atoms with E-state index in [1.807, 2.05) is 31.2 Å². The summed E-state index contributed by atoms with van der Waals surface area (Å²) in [6, 6.07) is 7.69. The summed E-state index contributed by atoms with van der Waals surface area (Å²) in [5, 5.41) is 15.0. The molecule has 0 unspecified atom stereocenters. The molecule has 1 N–H and O–H groups in total. The van der Waals surface area contributed by atoms with Crippen molar-refractivity contribution >= 4 is 27.5 Å². The molecule has 25 heavy (non-hydrogen) atoms. The molecule has 3 rings (SSSR count). The molecule has 0 radical (unpaired) electrons. The predicted octanol–water partition coefficient (Wildman–Crippen LogP) is 0.756. The Morgan fingerprint density at radius 3 is 2.84 bits per heavy atom. The highest BCUT2D eigenvalue weighted by Crippen LogP contribution is 2.24. The summed E-state index contributed by atoms with van der Waals surface area (Å²) < 4.78 is 24.8. The third-order valence-corrected chi connectivity index (χ3v) is 6.88. The molecule has 2 aromatic rings. The van der Waals surface area contributed by atoms with E-state index in [1.165, 1.54) is 11.8 Å². The number of aryl methyl sites for hydroxylation is 1. The maximum absolute atomic E-state index is 12.2. The monoisotopic (exact) mass is 381 g/mol. The Labute approximate surface area is 150 Å². The summed E-state index contributed by atoms with van der Waals surface area (Å²) in [5.74, 6) is -0.0224. The standard InChI is InChI=1S/C15H19N5O3S2/c1-11-5-3-4-6-12(11)20-14(17-18-19-20)24-9-13(21)16-15(2)7-8-25(22,23)10-15/h3-6H,7-10H2,1-2H3,(H,16,21)/t15-/m1/s1. The zero-order valence-electron chi connectivity index (χ0n) is 14.0. The molecule has 0 bridgehead atoms. The van der Waals surface area contributed by atoms with Crippen molar-refractivity contribution in [1.82, 2.24) is 25.5 Å². The van der Waals surface area contributed by atoms with Crippen LogP contribution in [-0.2, 0) is 14.6 Å². The van der Waals surface area contributed by atoms with Gasteiger partial charge in [-0.25, -0.2) is 8.42 Å². The number of sulfone groups is 1. The van der Waals surface area contributed by atoms with E-state index < -0.39 is 15.4 Å². The van der Waals surface area contributed by atoms with Crippen LogP contribution in [0.4, 0.5) is 0 Å². The average molecular weight is 381 g/mol. The van der Waals surface area contributed by atoms with Crippen LogP contribution < -0.4 is 5.32 Å². The molecule has 134 valence electrons. The summed E-state index contributed by atoms with van der Waals surface area (Å²) in [6.45, 7) is 3.72. The lowest BCUT2D eigenvalue weighted by Gasteiger charge is -2.23. The van der Waals surface area contributed by atoms with Gasteiger partial charge in [0.2, 0.25) is 11.1 Å². The van der Waals surface area contributed by atoms with E-state index in [0.29, 0.717) is 11.6 Å². The molecular formula is C15H19N5O3S2. The molecule has 1 amide bonds. The van der Waals surface area contributed by atoms with Crippen molar-refractivity contribution in [3.8, 4) is 5.69 Å². The topological polar surface area (TPSA) is 107 Å². The number of aromatic nitrogens is 4. The van der Waals surface area contributed by atoms with Gasteiger partial charge in [-0.05, 0) is 42.3 Å². The molecule has 0 aliphatic carbocycles. The number of rotatable bonds is 5. The van der Waals surface area contributed by atoms with Crippen molar-refractivity contribution in [2.45, 2.75) is 31.0 Å². The minimum Gasteiger partial charge on any atom is -0.349 e. The van der Waals surface area contributed by atoms with Crippen LogP contribution in [0.3, 0.4) is 0 Å². The van der Waals surface area contributed by atoms with Gasteiger partial charge in [-0.3, -0.25) is 4.79 Å². The second-order valence-corrected chi connectivity index (χ2v) is 9.53. The molecule has 0 saturated carbocycles. The quantitative estimate of drug-likeness (QED) is 0.762. The summed E-state index contributed by atoms with van der Waals surface area (Å²) in [5.41, 5.74) is 1.17. The Bertz CT molecular complexity index is 896. The van der Waals surface area contributed by atoms with Crippen LogP contribution in [0, 0.1) is 6.92 Å². The lowest BCUT2D eigenvalue weighted by Crippen LogP contribution is -2.47. The van der Waals surface area contributed by atoms with E-state index in [4.69, 9.17) is 0 Å². The maximum Gasteiger partial charge on any atom is 0.230 e. The van der Waals surface area contributed by atoms with Gasteiger partial charge in [0.05, 0.1) is 28.5 Å². The smallest absolute Gasteiger partial charge is 0.230 e. The minimum atomic E-state index is -3.06. The Balaban J connectivity index is 1.64. The molecule has 0 spiro atoms. The molecule has 1 aliphatic rings. The number of thioether (sulfide) groups is 1. The number of para-hydroxylation sites is 1. The Kier molecular flexibility index (Phi) is 4.83. The van der Waals surface area contributed by atoms with Crippen LogP contribution >= 0.6 is 11.8 Å². The fourth-order valence-corrected chi connectivity index (χ4v) is 5.61. The highest BCUT2D eigenvalue weighted by molar-refractivity contribution is 7.99. The van der Waals surface area contributed by atoms with Gasteiger partial charge in [0, 0.05) is 0 Å². The van der Waals surface area contributed by atoms with E-state index >= 15 is 0 Å². The van der Waals surface area contributed by atoms with Crippen LogP contribution in [0.25, 0.3) is 5.69 Å². The lowest BCUT2D eigenvalue weighted by molar-refractivity contribution is -0.120. The molecule has 2 heterocycles. The van der Waals surface area contributed by atoms with E-state index in [-0.39, 0.29) is 23.2 Å². The first kappa shape index (κ1) is 17.9. The molecule has 1 atom stereocenters. The minimum absolute atomic E-state index is 0.0165. The molecule has 10 heteroatoms. The third kappa shape index (κ3) is 4.18. The SMILES string of the molecule is Cc1ccccc1-n1nnnc1SCC(=O)N[C@]1(C)CCS(=O)(=O)C1. The van der Waals surface area contributed by atoms with Gasteiger partial charge in [-0.1, -0.05) is 30.0 Å². The first-order chi connectivity index (χ1) is 11.8. The van der Waals surface area contributed by atoms with Crippen LogP contribution in [0.5, 0.6) is 0 Å². The summed E-state index contributed by atoms with van der Waals surface area (Å²) in [4.78, 5) is 12.2. The molecular weight excluding hydrogens is 362 g/mol. The van der Waals surface area contributed by atoms with Crippen molar-refractivity contribution in [3.63, 3.8) is 0 Å². The molecule has 1 aliphatic heterocycles. The van der Waals surface area contributed by atoms with E-state index in [1.54, 1.807) is 11.6 Å². The number of tetrazole rings is 1. The van der Waals surface area contributed by atoms with Crippen molar-refractivity contribution in [2.75, 3.05) is 17.3 Å². The molecule has 1 aromatic heterocycles. The molecule has 1 fully saturated rings. The Morgan fingerprint density at radius 1 is 1.40 bits per heavy atom. The lowest BCUT2D eigenvalue weighted by atomic mass is 10.0. The maximum atomic E-state index is 12.2. The zero-order valence-corrected chi connectivity index (χ0v) is 15.6. The zero-order chi connectivity index (χ0) is 18.1. The summed E-state index contributed by atoms with van der Waals surface area (Å²) in [6.07, 6.45) is 0.437. The van der Waals surface area contributed by atoms with Crippen LogP contribution in [0.2, 0.25) is 0 Å². The fraction of sp³-hybridized carbons (Fsp3) is 0.467. The number of hydrogen-bond donors (Lipinski definition) is 1. The van der Waals surface area contributed by atoms with Gasteiger partial charge in [0.25, 0.3) is 0 Å². The second-order valence-electron chi connectivity index (χ2n) is 6.40. The number of nitrogens with one attached hydrogen (secondary N) is 1. The Hall–Kier alpha value is -1.94. The molecule has 1 saturated heterocycles. The first-order valence-corrected chi connectivity index (χ1v) is 10.6.